The lowest BCUT2D eigenvalue weighted by Gasteiger charge is -2.28. The molecule has 4 nitrogen and oxygen atoms in total. The molecule has 0 spiro atoms. The van der Waals surface area contributed by atoms with Crippen molar-refractivity contribution in [1.82, 2.24) is 4.90 Å². The molecule has 21 heavy (non-hydrogen) atoms. The topological polar surface area (TPSA) is 46.6 Å². The van der Waals surface area contributed by atoms with Crippen LogP contribution in [-0.2, 0) is 4.79 Å². The number of amides is 1. The van der Waals surface area contributed by atoms with E-state index in [1.807, 2.05) is 29.2 Å². The molecule has 0 radical (unpaired) electrons. The van der Waals surface area contributed by atoms with Crippen LogP contribution in [0.1, 0.15) is 42.5 Å². The van der Waals surface area contributed by atoms with Crippen molar-refractivity contribution >= 4 is 11.7 Å². The summed E-state index contributed by atoms with van der Waals surface area (Å²) in [5, 5.41) is 0. The Kier molecular flexibility index (Phi) is 3.95. The molecule has 0 aromatic heterocycles. The van der Waals surface area contributed by atoms with Gasteiger partial charge in [-0.25, -0.2) is 0 Å². The zero-order chi connectivity index (χ0) is 14.8. The molecule has 0 aliphatic carbocycles. The van der Waals surface area contributed by atoms with Crippen molar-refractivity contribution in [2.24, 2.45) is 5.92 Å². The van der Waals surface area contributed by atoms with Crippen molar-refractivity contribution in [3.63, 3.8) is 0 Å². The Hall–Kier alpha value is -1.84. The quantitative estimate of drug-likeness (QED) is 0.803. The second-order valence-corrected chi connectivity index (χ2v) is 5.89. The monoisotopic (exact) mass is 287 g/mol. The van der Waals surface area contributed by atoms with Gasteiger partial charge >= 0.3 is 0 Å². The van der Waals surface area contributed by atoms with E-state index in [-0.39, 0.29) is 23.7 Å². The van der Waals surface area contributed by atoms with Crippen LogP contribution < -0.4 is 4.74 Å². The predicted octanol–water partition coefficient (Wildman–Crippen LogP) is 2.67. The molecule has 0 saturated carbocycles. The number of benzene rings is 1. The summed E-state index contributed by atoms with van der Waals surface area (Å²) in [7, 11) is 1.62. The number of methoxy groups -OCH3 is 1. The molecule has 1 aromatic rings. The molecule has 2 heterocycles. The third-order valence-electron chi connectivity index (χ3n) is 4.70. The summed E-state index contributed by atoms with van der Waals surface area (Å²) in [4.78, 5) is 26.8. The number of nitrogens with zero attached hydrogens (tertiary/aromatic N) is 1. The van der Waals surface area contributed by atoms with E-state index in [0.29, 0.717) is 6.42 Å². The smallest absolute Gasteiger partial charge is 0.222 e. The van der Waals surface area contributed by atoms with Gasteiger partial charge in [0.05, 0.1) is 7.11 Å². The first-order chi connectivity index (χ1) is 10.2. The number of carbonyl (C=O) groups excluding carboxylic acids is 2. The van der Waals surface area contributed by atoms with Crippen molar-refractivity contribution in [3.8, 4) is 5.75 Å². The minimum atomic E-state index is -0.0488. The minimum absolute atomic E-state index is 0.0488. The molecule has 0 N–H and O–H groups in total. The zero-order valence-corrected chi connectivity index (χ0v) is 12.4. The van der Waals surface area contributed by atoms with Crippen LogP contribution in [0.2, 0.25) is 0 Å². The van der Waals surface area contributed by atoms with Gasteiger partial charge in [-0.05, 0) is 49.9 Å². The summed E-state index contributed by atoms with van der Waals surface area (Å²) in [6.07, 6.45) is 4.19. The number of ether oxygens (including phenoxy) is 1. The number of ketones is 1. The molecule has 1 amide bonds. The number of carbonyl (C=O) groups is 2. The Balaban J connectivity index is 1.83. The molecule has 2 saturated heterocycles. The molecule has 2 fully saturated rings. The first-order valence-corrected chi connectivity index (χ1v) is 7.68. The lowest BCUT2D eigenvalue weighted by Crippen LogP contribution is -2.40. The van der Waals surface area contributed by atoms with Crippen molar-refractivity contribution in [3.05, 3.63) is 29.8 Å². The van der Waals surface area contributed by atoms with Gasteiger partial charge < -0.3 is 9.64 Å². The van der Waals surface area contributed by atoms with Gasteiger partial charge in [-0.3, -0.25) is 9.59 Å². The number of hydrogen-bond donors (Lipinski definition) is 0. The van der Waals surface area contributed by atoms with Gasteiger partial charge in [0.1, 0.15) is 5.75 Å². The minimum Gasteiger partial charge on any atom is -0.497 e. The molecule has 3 rings (SSSR count). The summed E-state index contributed by atoms with van der Waals surface area (Å²) in [6.45, 7) is 0.815. The summed E-state index contributed by atoms with van der Waals surface area (Å²) in [5.74, 6) is 1.10. The van der Waals surface area contributed by atoms with Crippen LogP contribution >= 0.6 is 0 Å². The number of Topliss-reactive ketones (excluding diaryl/α,β-unsaturated/α-hetero) is 1. The highest BCUT2D eigenvalue weighted by molar-refractivity contribution is 5.99. The average molecular weight is 287 g/mol. The van der Waals surface area contributed by atoms with Gasteiger partial charge in [-0.1, -0.05) is 0 Å². The maximum Gasteiger partial charge on any atom is 0.222 e. The van der Waals surface area contributed by atoms with Crippen molar-refractivity contribution < 1.29 is 14.3 Å². The first kappa shape index (κ1) is 14.1. The van der Waals surface area contributed by atoms with Gasteiger partial charge in [-0.2, -0.15) is 0 Å². The summed E-state index contributed by atoms with van der Waals surface area (Å²) < 4.78 is 5.13. The molecule has 112 valence electrons. The largest absolute Gasteiger partial charge is 0.497 e. The Morgan fingerprint density at radius 3 is 2.67 bits per heavy atom. The fourth-order valence-corrected chi connectivity index (χ4v) is 3.60. The van der Waals surface area contributed by atoms with Crippen LogP contribution in [0.3, 0.4) is 0 Å². The molecule has 2 aliphatic rings. The molecule has 2 aliphatic heterocycles. The highest BCUT2D eigenvalue weighted by atomic mass is 16.5. The maximum absolute atomic E-state index is 12.8. The second-order valence-electron chi connectivity index (χ2n) is 5.89. The van der Waals surface area contributed by atoms with Crippen LogP contribution in [-0.4, -0.2) is 36.3 Å². The van der Waals surface area contributed by atoms with Gasteiger partial charge in [0.25, 0.3) is 0 Å². The average Bonchev–Trinajstić information content (AvgIpc) is 2.94. The molecule has 0 bridgehead atoms. The van der Waals surface area contributed by atoms with Crippen LogP contribution in [0.5, 0.6) is 5.75 Å². The third-order valence-corrected chi connectivity index (χ3v) is 4.70. The lowest BCUT2D eigenvalue weighted by atomic mass is 9.86. The molecule has 1 aromatic carbocycles. The van der Waals surface area contributed by atoms with E-state index < -0.39 is 0 Å². The Labute approximate surface area is 125 Å². The zero-order valence-electron chi connectivity index (χ0n) is 12.4. The predicted molar refractivity (Wildman–Crippen MR) is 79.4 cm³/mol. The van der Waals surface area contributed by atoms with Crippen LogP contribution in [0.4, 0.5) is 0 Å². The van der Waals surface area contributed by atoms with E-state index in [9.17, 15) is 9.59 Å². The summed E-state index contributed by atoms with van der Waals surface area (Å²) in [6, 6.07) is 7.40. The number of fused-ring (bicyclic) bond motifs is 1. The summed E-state index contributed by atoms with van der Waals surface area (Å²) in [5.41, 5.74) is 0.724. The maximum atomic E-state index is 12.8. The normalized spacial score (nSPS) is 25.4. The van der Waals surface area contributed by atoms with Crippen molar-refractivity contribution in [2.45, 2.75) is 38.1 Å². The van der Waals surface area contributed by atoms with E-state index in [0.717, 1.165) is 43.5 Å². The molecule has 4 heteroatoms. The van der Waals surface area contributed by atoms with Gasteiger partial charge in [0, 0.05) is 30.5 Å². The standard InChI is InChI=1S/C17H21NO3/c1-21-13-9-7-12(8-10-13)17(20)14-4-2-6-16(19)18-11-3-5-15(14)18/h7-10,14-15H,2-6,11H2,1H3/t14-,15-/m1/s1. The Morgan fingerprint density at radius 1 is 1.19 bits per heavy atom. The van der Waals surface area contributed by atoms with Crippen molar-refractivity contribution in [2.75, 3.05) is 13.7 Å². The first-order valence-electron chi connectivity index (χ1n) is 7.68. The van der Waals surface area contributed by atoms with Crippen LogP contribution in [0.25, 0.3) is 0 Å². The summed E-state index contributed by atoms with van der Waals surface area (Å²) >= 11 is 0. The van der Waals surface area contributed by atoms with Crippen LogP contribution in [0.15, 0.2) is 24.3 Å². The lowest BCUT2D eigenvalue weighted by molar-refractivity contribution is -0.131. The molecule has 2 atom stereocenters. The van der Waals surface area contributed by atoms with E-state index in [1.165, 1.54) is 0 Å². The number of hydrogen-bond acceptors (Lipinski definition) is 3. The van der Waals surface area contributed by atoms with Crippen molar-refractivity contribution in [1.29, 1.82) is 0 Å². The van der Waals surface area contributed by atoms with E-state index >= 15 is 0 Å². The fourth-order valence-electron chi connectivity index (χ4n) is 3.60. The van der Waals surface area contributed by atoms with Gasteiger partial charge in [-0.15, -0.1) is 0 Å². The SMILES string of the molecule is COc1ccc(C(=O)[C@@H]2CCCC(=O)N3CCC[C@H]23)cc1. The van der Waals surface area contributed by atoms with Gasteiger partial charge in [0.15, 0.2) is 5.78 Å². The van der Waals surface area contributed by atoms with Crippen LogP contribution in [0, 0.1) is 5.92 Å². The highest BCUT2D eigenvalue weighted by Crippen LogP contribution is 2.33. The Morgan fingerprint density at radius 2 is 1.95 bits per heavy atom. The number of rotatable bonds is 3. The van der Waals surface area contributed by atoms with E-state index in [2.05, 4.69) is 0 Å². The second kappa shape index (κ2) is 5.88. The van der Waals surface area contributed by atoms with E-state index in [4.69, 9.17) is 4.74 Å². The molecule has 0 unspecified atom stereocenters. The molecular formula is C17H21NO3. The van der Waals surface area contributed by atoms with Gasteiger partial charge in [0.2, 0.25) is 5.91 Å². The van der Waals surface area contributed by atoms with E-state index in [1.54, 1.807) is 7.11 Å². The molecular weight excluding hydrogens is 266 g/mol. The fraction of sp³-hybridized carbons (Fsp3) is 0.529. The Bertz CT molecular complexity index is 537. The third kappa shape index (κ3) is 2.67. The highest BCUT2D eigenvalue weighted by Gasteiger charge is 2.40.